The number of imidazole rings is 1. The van der Waals surface area contributed by atoms with Gasteiger partial charge < -0.3 is 19.4 Å². The smallest absolute Gasteiger partial charge is 0.173 e. The van der Waals surface area contributed by atoms with Gasteiger partial charge in [0.2, 0.25) is 0 Å². The van der Waals surface area contributed by atoms with E-state index in [2.05, 4.69) is 19.9 Å². The molecule has 1 fully saturated rings. The van der Waals surface area contributed by atoms with Gasteiger partial charge in [0.25, 0.3) is 0 Å². The number of aliphatic hydroxyl groups excluding tert-OH is 1. The summed E-state index contributed by atoms with van der Waals surface area (Å²) in [5.74, 6) is 0. The summed E-state index contributed by atoms with van der Waals surface area (Å²) in [5, 5.41) is 17.9. The van der Waals surface area contributed by atoms with E-state index in [-0.39, 0.29) is 5.49 Å². The van der Waals surface area contributed by atoms with Gasteiger partial charge >= 0.3 is 0 Å². The van der Waals surface area contributed by atoms with E-state index in [1.54, 1.807) is 10.9 Å². The molecule has 1 aliphatic rings. The summed E-state index contributed by atoms with van der Waals surface area (Å²) in [6, 6.07) is 0. The summed E-state index contributed by atoms with van der Waals surface area (Å²) in [7, 11) is 0. The zero-order valence-corrected chi connectivity index (χ0v) is 11.1. The highest BCUT2D eigenvalue weighted by Crippen LogP contribution is 2.05. The molecule has 1 unspecified atom stereocenters. The maximum Gasteiger partial charge on any atom is 0.173 e. The van der Waals surface area contributed by atoms with Crippen LogP contribution < -0.4 is 5.49 Å². The summed E-state index contributed by atoms with van der Waals surface area (Å²) in [5.41, 5.74) is 1.40. The molecule has 0 bridgehead atoms. The van der Waals surface area contributed by atoms with E-state index in [1.807, 2.05) is 0 Å². The highest BCUT2D eigenvalue weighted by atomic mass is 16.5. The molecule has 0 aromatic carbocycles. The average molecular weight is 278 g/mol. The van der Waals surface area contributed by atoms with Crippen LogP contribution in [0.4, 0.5) is 0 Å². The Hall–Kier alpha value is -1.77. The van der Waals surface area contributed by atoms with Gasteiger partial charge in [-0.2, -0.15) is 0 Å². The first-order chi connectivity index (χ1) is 9.74. The normalized spacial score (nSPS) is 18.4. The quantitative estimate of drug-likeness (QED) is 0.661. The van der Waals surface area contributed by atoms with Crippen LogP contribution in [0.25, 0.3) is 11.2 Å². The number of aromatic nitrogens is 4. The molecule has 1 saturated heterocycles. The van der Waals surface area contributed by atoms with Gasteiger partial charge in [-0.25, -0.2) is 9.97 Å². The molecule has 0 saturated carbocycles. The lowest BCUT2D eigenvalue weighted by Gasteiger charge is -2.28. The minimum Gasteiger partial charge on any atom is -0.390 e. The van der Waals surface area contributed by atoms with Crippen LogP contribution >= 0.6 is 0 Å². The van der Waals surface area contributed by atoms with Crippen LogP contribution in [0.1, 0.15) is 0 Å². The van der Waals surface area contributed by atoms with E-state index in [4.69, 9.17) is 10.1 Å². The van der Waals surface area contributed by atoms with E-state index in [1.165, 1.54) is 6.33 Å². The van der Waals surface area contributed by atoms with E-state index >= 15 is 0 Å². The summed E-state index contributed by atoms with van der Waals surface area (Å²) in [6.07, 6.45) is 2.58. The molecule has 3 rings (SSSR count). The molecule has 2 aromatic rings. The molecule has 3 N–H and O–H groups in total. The number of rotatable bonds is 4. The topological polar surface area (TPSA) is 103 Å². The monoisotopic (exact) mass is 278 g/mol. The highest BCUT2D eigenvalue weighted by Gasteiger charge is 2.16. The molecule has 0 spiro atoms. The summed E-state index contributed by atoms with van der Waals surface area (Å²) >= 11 is 0. The van der Waals surface area contributed by atoms with Crippen molar-refractivity contribution in [2.24, 2.45) is 0 Å². The Bertz CT molecular complexity index is 630. The lowest BCUT2D eigenvalue weighted by molar-refractivity contribution is 0.0116. The van der Waals surface area contributed by atoms with Crippen LogP contribution in [0.3, 0.4) is 0 Å². The standard InChI is InChI=1S/C12H18N6O2/c13-11-10-12(15-7-14-10)18(8-16-11)6-9(19)5-17-1-3-20-4-2-17/h7-9,13,19H,1-6H2,(H,14,15). The van der Waals surface area contributed by atoms with Gasteiger partial charge in [-0.05, 0) is 0 Å². The van der Waals surface area contributed by atoms with Crippen molar-refractivity contribution < 1.29 is 9.84 Å². The molecule has 2 aromatic heterocycles. The first-order valence-corrected chi connectivity index (χ1v) is 6.65. The van der Waals surface area contributed by atoms with E-state index in [0.29, 0.717) is 24.3 Å². The second-order valence-corrected chi connectivity index (χ2v) is 4.91. The summed E-state index contributed by atoms with van der Waals surface area (Å²) < 4.78 is 7.06. The number of morpholine rings is 1. The predicted molar refractivity (Wildman–Crippen MR) is 71.0 cm³/mol. The van der Waals surface area contributed by atoms with Crippen LogP contribution in [0.2, 0.25) is 0 Å². The second-order valence-electron chi connectivity index (χ2n) is 4.91. The van der Waals surface area contributed by atoms with Crippen molar-refractivity contribution in [1.82, 2.24) is 24.4 Å². The van der Waals surface area contributed by atoms with Gasteiger partial charge in [0, 0.05) is 19.6 Å². The van der Waals surface area contributed by atoms with Crippen molar-refractivity contribution in [1.29, 1.82) is 5.41 Å². The van der Waals surface area contributed by atoms with Crippen molar-refractivity contribution in [3.05, 3.63) is 18.1 Å². The molecule has 3 heterocycles. The van der Waals surface area contributed by atoms with Gasteiger partial charge in [-0.1, -0.05) is 0 Å². The van der Waals surface area contributed by atoms with Gasteiger partial charge in [0.1, 0.15) is 5.52 Å². The molecule has 20 heavy (non-hydrogen) atoms. The zero-order chi connectivity index (χ0) is 13.9. The number of aromatic amines is 1. The van der Waals surface area contributed by atoms with Crippen molar-refractivity contribution in [2.75, 3.05) is 32.8 Å². The Morgan fingerprint density at radius 2 is 2.15 bits per heavy atom. The Balaban J connectivity index is 1.70. The molecule has 8 heteroatoms. The molecule has 1 aliphatic heterocycles. The third-order valence-corrected chi connectivity index (χ3v) is 3.43. The number of hydrogen-bond acceptors (Lipinski definition) is 6. The summed E-state index contributed by atoms with van der Waals surface area (Å²) in [4.78, 5) is 13.3. The fourth-order valence-corrected chi connectivity index (χ4v) is 2.43. The van der Waals surface area contributed by atoms with Crippen molar-refractivity contribution in [2.45, 2.75) is 12.6 Å². The van der Waals surface area contributed by atoms with Crippen molar-refractivity contribution in [3.8, 4) is 0 Å². The van der Waals surface area contributed by atoms with Crippen LogP contribution in [0.5, 0.6) is 0 Å². The number of ether oxygens (including phenoxy) is 1. The first kappa shape index (κ1) is 13.2. The Labute approximate surface area is 115 Å². The second kappa shape index (κ2) is 5.70. The largest absolute Gasteiger partial charge is 0.390 e. The van der Waals surface area contributed by atoms with Crippen molar-refractivity contribution in [3.63, 3.8) is 0 Å². The van der Waals surface area contributed by atoms with Crippen LogP contribution in [-0.4, -0.2) is 68.5 Å². The van der Waals surface area contributed by atoms with Crippen LogP contribution in [0.15, 0.2) is 12.7 Å². The number of β-amino-alcohol motifs (C(OH)–C–C–N with tert-alkyl or cyclic N) is 1. The fourth-order valence-electron chi connectivity index (χ4n) is 2.43. The molecule has 108 valence electrons. The van der Waals surface area contributed by atoms with Gasteiger partial charge in [0.05, 0.1) is 38.5 Å². The molecular formula is C12H18N6O2. The van der Waals surface area contributed by atoms with E-state index in [9.17, 15) is 5.11 Å². The maximum absolute atomic E-state index is 10.2. The van der Waals surface area contributed by atoms with Crippen molar-refractivity contribution >= 4 is 11.2 Å². The number of fused-ring (bicyclic) bond motifs is 1. The van der Waals surface area contributed by atoms with Gasteiger partial charge in [-0.15, -0.1) is 0 Å². The zero-order valence-electron chi connectivity index (χ0n) is 11.1. The number of hydrogen-bond donors (Lipinski definition) is 3. The lowest BCUT2D eigenvalue weighted by Crippen LogP contribution is -2.42. The number of aliphatic hydroxyl groups is 1. The van der Waals surface area contributed by atoms with E-state index < -0.39 is 6.10 Å². The average Bonchev–Trinajstić information content (AvgIpc) is 2.93. The maximum atomic E-state index is 10.2. The van der Waals surface area contributed by atoms with Crippen LogP contribution in [-0.2, 0) is 11.3 Å². The fraction of sp³-hybridized carbons (Fsp3) is 0.583. The Morgan fingerprint density at radius 3 is 2.95 bits per heavy atom. The van der Waals surface area contributed by atoms with Crippen LogP contribution in [0, 0.1) is 5.41 Å². The first-order valence-electron chi connectivity index (χ1n) is 6.65. The number of H-pyrrole nitrogens is 1. The number of nitrogens with zero attached hydrogens (tertiary/aromatic N) is 4. The SMILES string of the molecule is N=c1ncn(CC(O)CN2CCOCC2)c2nc[nH]c12. The van der Waals surface area contributed by atoms with Gasteiger partial charge in [-0.3, -0.25) is 10.3 Å². The summed E-state index contributed by atoms with van der Waals surface area (Å²) in [6.45, 7) is 4.15. The van der Waals surface area contributed by atoms with Gasteiger partial charge in [0.15, 0.2) is 11.1 Å². The third-order valence-electron chi connectivity index (χ3n) is 3.43. The van der Waals surface area contributed by atoms with E-state index in [0.717, 1.165) is 26.3 Å². The molecule has 0 aliphatic carbocycles. The Morgan fingerprint density at radius 1 is 1.35 bits per heavy atom. The molecule has 0 amide bonds. The molecule has 0 radical (unpaired) electrons. The molecular weight excluding hydrogens is 260 g/mol. The molecule has 1 atom stereocenters. The minimum atomic E-state index is -0.503. The highest BCUT2D eigenvalue weighted by molar-refractivity contribution is 5.68. The molecule has 8 nitrogen and oxygen atoms in total. The minimum absolute atomic E-state index is 0.163. The predicted octanol–water partition coefficient (Wildman–Crippen LogP) is -1.07. The Kier molecular flexibility index (Phi) is 3.77. The third kappa shape index (κ3) is 2.72. The lowest BCUT2D eigenvalue weighted by atomic mass is 10.3. The number of nitrogens with one attached hydrogen (secondary N) is 2.